The maximum Gasteiger partial charge on any atom is 0.165 e. The first kappa shape index (κ1) is 13.6. The van der Waals surface area contributed by atoms with Crippen molar-refractivity contribution in [3.63, 3.8) is 0 Å². The SMILES string of the molecule is CC(Oc1c(F)cccc1[C@H](C)N)c1ccccc1. The molecule has 0 amide bonds. The number of para-hydroxylation sites is 1. The molecule has 19 heavy (non-hydrogen) atoms. The molecule has 0 saturated heterocycles. The van der Waals surface area contributed by atoms with Crippen LogP contribution in [0.3, 0.4) is 0 Å². The van der Waals surface area contributed by atoms with Crippen LogP contribution in [0.4, 0.5) is 4.39 Å². The van der Waals surface area contributed by atoms with Gasteiger partial charge in [-0.15, -0.1) is 0 Å². The van der Waals surface area contributed by atoms with Crippen LogP contribution in [0.2, 0.25) is 0 Å². The molecule has 2 atom stereocenters. The van der Waals surface area contributed by atoms with E-state index < -0.39 is 0 Å². The Labute approximate surface area is 113 Å². The lowest BCUT2D eigenvalue weighted by Gasteiger charge is -2.19. The molecule has 0 radical (unpaired) electrons. The predicted octanol–water partition coefficient (Wildman–Crippen LogP) is 3.99. The van der Waals surface area contributed by atoms with Gasteiger partial charge in [0.25, 0.3) is 0 Å². The number of rotatable bonds is 4. The molecule has 2 N–H and O–H groups in total. The minimum absolute atomic E-state index is 0.226. The van der Waals surface area contributed by atoms with Crippen LogP contribution in [-0.2, 0) is 0 Å². The van der Waals surface area contributed by atoms with Crippen molar-refractivity contribution in [2.24, 2.45) is 5.73 Å². The third-order valence-electron chi connectivity index (χ3n) is 3.05. The van der Waals surface area contributed by atoms with Gasteiger partial charge in [0.15, 0.2) is 11.6 Å². The highest BCUT2D eigenvalue weighted by molar-refractivity contribution is 5.37. The minimum Gasteiger partial charge on any atom is -0.483 e. The van der Waals surface area contributed by atoms with Gasteiger partial charge in [0.1, 0.15) is 6.10 Å². The summed E-state index contributed by atoms with van der Waals surface area (Å²) in [4.78, 5) is 0. The monoisotopic (exact) mass is 259 g/mol. The average Bonchev–Trinajstić information content (AvgIpc) is 2.41. The first-order valence-electron chi connectivity index (χ1n) is 6.35. The fraction of sp³-hybridized carbons (Fsp3) is 0.250. The lowest BCUT2D eigenvalue weighted by atomic mass is 10.1. The molecule has 1 unspecified atom stereocenters. The van der Waals surface area contributed by atoms with Gasteiger partial charge in [-0.1, -0.05) is 42.5 Å². The van der Waals surface area contributed by atoms with Crippen molar-refractivity contribution in [2.45, 2.75) is 26.0 Å². The second kappa shape index (κ2) is 5.85. The van der Waals surface area contributed by atoms with E-state index in [4.69, 9.17) is 10.5 Å². The largest absolute Gasteiger partial charge is 0.483 e. The molecule has 0 bridgehead atoms. The Morgan fingerprint density at radius 1 is 1.00 bits per heavy atom. The standard InChI is InChI=1S/C16H18FNO/c1-11(18)14-9-6-10-15(17)16(14)19-12(2)13-7-4-3-5-8-13/h3-12H,18H2,1-2H3/t11-,12?/m0/s1. The molecule has 0 fully saturated rings. The Balaban J connectivity index is 2.28. The number of ether oxygens (including phenoxy) is 1. The predicted molar refractivity (Wildman–Crippen MR) is 74.5 cm³/mol. The number of nitrogens with two attached hydrogens (primary N) is 1. The zero-order chi connectivity index (χ0) is 13.8. The molecule has 2 nitrogen and oxygen atoms in total. The fourth-order valence-corrected chi connectivity index (χ4v) is 1.98. The van der Waals surface area contributed by atoms with E-state index in [0.29, 0.717) is 5.56 Å². The summed E-state index contributed by atoms with van der Waals surface area (Å²) in [7, 11) is 0. The van der Waals surface area contributed by atoms with Gasteiger partial charge in [0.05, 0.1) is 0 Å². The summed E-state index contributed by atoms with van der Waals surface area (Å²) < 4.78 is 19.7. The fourth-order valence-electron chi connectivity index (χ4n) is 1.98. The molecule has 2 rings (SSSR count). The Morgan fingerprint density at radius 3 is 2.32 bits per heavy atom. The summed E-state index contributed by atoms with van der Waals surface area (Å²) in [6.07, 6.45) is -0.226. The number of hydrogen-bond acceptors (Lipinski definition) is 2. The van der Waals surface area contributed by atoms with Crippen molar-refractivity contribution < 1.29 is 9.13 Å². The van der Waals surface area contributed by atoms with Crippen LogP contribution in [0.15, 0.2) is 48.5 Å². The minimum atomic E-state index is -0.377. The van der Waals surface area contributed by atoms with Gasteiger partial charge in [-0.3, -0.25) is 0 Å². The molecule has 0 heterocycles. The summed E-state index contributed by atoms with van der Waals surface area (Å²) >= 11 is 0. The van der Waals surface area contributed by atoms with Crippen LogP contribution in [0.1, 0.15) is 37.1 Å². The summed E-state index contributed by atoms with van der Waals surface area (Å²) in [6, 6.07) is 14.3. The van der Waals surface area contributed by atoms with Crippen molar-refractivity contribution >= 4 is 0 Å². The second-order valence-electron chi connectivity index (χ2n) is 4.62. The Kier molecular flexibility index (Phi) is 4.17. The van der Waals surface area contributed by atoms with Crippen LogP contribution < -0.4 is 10.5 Å². The number of benzene rings is 2. The van der Waals surface area contributed by atoms with Crippen molar-refractivity contribution in [3.05, 3.63) is 65.5 Å². The Hall–Kier alpha value is -1.87. The molecule has 2 aromatic carbocycles. The lowest BCUT2D eigenvalue weighted by Crippen LogP contribution is -2.11. The molecule has 0 spiro atoms. The van der Waals surface area contributed by atoms with Gasteiger partial charge >= 0.3 is 0 Å². The maximum absolute atomic E-state index is 13.9. The van der Waals surface area contributed by atoms with Crippen LogP contribution in [0.5, 0.6) is 5.75 Å². The first-order chi connectivity index (χ1) is 9.09. The van der Waals surface area contributed by atoms with E-state index in [9.17, 15) is 4.39 Å². The molecule has 0 aromatic heterocycles. The van der Waals surface area contributed by atoms with Crippen molar-refractivity contribution in [2.75, 3.05) is 0 Å². The average molecular weight is 259 g/mol. The Morgan fingerprint density at radius 2 is 1.68 bits per heavy atom. The number of hydrogen-bond donors (Lipinski definition) is 1. The molecule has 2 aromatic rings. The van der Waals surface area contributed by atoms with Crippen LogP contribution in [-0.4, -0.2) is 0 Å². The van der Waals surface area contributed by atoms with Gasteiger partial charge in [-0.05, 0) is 25.5 Å². The van der Waals surface area contributed by atoms with Crippen molar-refractivity contribution in [1.82, 2.24) is 0 Å². The van der Waals surface area contributed by atoms with E-state index in [1.807, 2.05) is 44.2 Å². The summed E-state index contributed by atoms with van der Waals surface area (Å²) in [5, 5.41) is 0. The molecule has 0 aliphatic carbocycles. The molecular formula is C16H18FNO. The summed E-state index contributed by atoms with van der Waals surface area (Å²) in [6.45, 7) is 3.71. The Bertz CT molecular complexity index is 540. The quantitative estimate of drug-likeness (QED) is 0.901. The molecule has 0 aliphatic rings. The third-order valence-corrected chi connectivity index (χ3v) is 3.05. The highest BCUT2D eigenvalue weighted by Crippen LogP contribution is 2.31. The van der Waals surface area contributed by atoms with E-state index >= 15 is 0 Å². The van der Waals surface area contributed by atoms with E-state index in [1.54, 1.807) is 12.1 Å². The van der Waals surface area contributed by atoms with Crippen molar-refractivity contribution in [1.29, 1.82) is 0 Å². The summed E-state index contributed by atoms with van der Waals surface area (Å²) in [5.74, 6) is -0.133. The third kappa shape index (κ3) is 3.12. The highest BCUT2D eigenvalue weighted by Gasteiger charge is 2.16. The molecule has 0 saturated carbocycles. The van der Waals surface area contributed by atoms with Gasteiger partial charge in [-0.25, -0.2) is 4.39 Å². The summed E-state index contributed by atoms with van der Waals surface area (Å²) in [5.41, 5.74) is 7.54. The number of halogens is 1. The van der Waals surface area contributed by atoms with Gasteiger partial charge < -0.3 is 10.5 Å². The van der Waals surface area contributed by atoms with E-state index in [-0.39, 0.29) is 23.7 Å². The molecular weight excluding hydrogens is 241 g/mol. The smallest absolute Gasteiger partial charge is 0.165 e. The second-order valence-corrected chi connectivity index (χ2v) is 4.62. The van der Waals surface area contributed by atoms with E-state index in [2.05, 4.69) is 0 Å². The topological polar surface area (TPSA) is 35.2 Å². The van der Waals surface area contributed by atoms with Gasteiger partial charge in [0, 0.05) is 11.6 Å². The zero-order valence-corrected chi connectivity index (χ0v) is 11.1. The lowest BCUT2D eigenvalue weighted by molar-refractivity contribution is 0.213. The van der Waals surface area contributed by atoms with Crippen LogP contribution in [0, 0.1) is 5.82 Å². The first-order valence-corrected chi connectivity index (χ1v) is 6.35. The van der Waals surface area contributed by atoms with Crippen LogP contribution in [0.25, 0.3) is 0 Å². The van der Waals surface area contributed by atoms with Crippen LogP contribution >= 0.6 is 0 Å². The molecule has 3 heteroatoms. The molecule has 100 valence electrons. The molecule has 0 aliphatic heterocycles. The van der Waals surface area contributed by atoms with Gasteiger partial charge in [-0.2, -0.15) is 0 Å². The normalized spacial score (nSPS) is 13.9. The highest BCUT2D eigenvalue weighted by atomic mass is 19.1. The zero-order valence-electron chi connectivity index (χ0n) is 11.1. The van der Waals surface area contributed by atoms with E-state index in [1.165, 1.54) is 6.07 Å². The maximum atomic E-state index is 13.9. The van der Waals surface area contributed by atoms with Gasteiger partial charge in [0.2, 0.25) is 0 Å². The van der Waals surface area contributed by atoms with Crippen molar-refractivity contribution in [3.8, 4) is 5.75 Å². The van der Waals surface area contributed by atoms with E-state index in [0.717, 1.165) is 5.56 Å².